The molecule has 1 aliphatic rings. The van der Waals surface area contributed by atoms with Crippen LogP contribution in [-0.2, 0) is 9.59 Å². The van der Waals surface area contributed by atoms with E-state index < -0.39 is 44.0 Å². The largest absolute Gasteiger partial charge is 0.323 e. The van der Waals surface area contributed by atoms with E-state index in [1.807, 2.05) is 0 Å². The first kappa shape index (κ1) is 11.7. The molecule has 0 saturated carbocycles. The highest BCUT2D eigenvalue weighted by Crippen LogP contribution is 2.24. The van der Waals surface area contributed by atoms with Gasteiger partial charge >= 0.3 is 11.4 Å². The van der Waals surface area contributed by atoms with E-state index in [1.54, 1.807) is 0 Å². The number of rotatable bonds is 2. The van der Waals surface area contributed by atoms with Gasteiger partial charge in [0.1, 0.15) is 0 Å². The SMILES string of the molecule is CC1=C([N+](=O)[O-])C(=O)C(C)=C([N+](=O)[O-])C1=O. The number of carbonyl (C=O) groups is 2. The van der Waals surface area contributed by atoms with Gasteiger partial charge < -0.3 is 0 Å². The summed E-state index contributed by atoms with van der Waals surface area (Å²) in [7, 11) is 0. The Morgan fingerprint density at radius 3 is 1.25 bits per heavy atom. The first-order valence-electron chi connectivity index (χ1n) is 4.09. The number of carbonyl (C=O) groups excluding carboxylic acids is 2. The van der Waals surface area contributed by atoms with Crippen LogP contribution in [0.15, 0.2) is 22.5 Å². The number of hydrogen-bond donors (Lipinski definition) is 0. The second kappa shape index (κ2) is 3.65. The molecule has 0 fully saturated rings. The van der Waals surface area contributed by atoms with E-state index in [9.17, 15) is 29.8 Å². The molecule has 8 nitrogen and oxygen atoms in total. The molecule has 0 aromatic heterocycles. The van der Waals surface area contributed by atoms with Crippen molar-refractivity contribution in [3.8, 4) is 0 Å². The Hall–Kier alpha value is -2.38. The number of allylic oxidation sites excluding steroid dienone is 2. The quantitative estimate of drug-likeness (QED) is 0.377. The molecule has 8 heteroatoms. The lowest BCUT2D eigenvalue weighted by Crippen LogP contribution is -2.28. The van der Waals surface area contributed by atoms with Crippen molar-refractivity contribution in [2.45, 2.75) is 13.8 Å². The molecule has 0 N–H and O–H groups in total. The maximum absolute atomic E-state index is 11.4. The van der Waals surface area contributed by atoms with Crippen LogP contribution < -0.4 is 0 Å². The number of nitro groups is 2. The Kier molecular flexibility index (Phi) is 2.66. The first-order valence-corrected chi connectivity index (χ1v) is 4.09. The molecule has 0 spiro atoms. The lowest BCUT2D eigenvalue weighted by Gasteiger charge is -2.08. The second-order valence-electron chi connectivity index (χ2n) is 3.12. The molecule has 0 saturated heterocycles. The molecule has 84 valence electrons. The Balaban J connectivity index is 3.49. The van der Waals surface area contributed by atoms with Crippen LogP contribution in [0, 0.1) is 20.2 Å². The molecule has 1 aliphatic carbocycles. The van der Waals surface area contributed by atoms with E-state index in [-0.39, 0.29) is 0 Å². The zero-order valence-electron chi connectivity index (χ0n) is 8.34. The number of hydrogen-bond acceptors (Lipinski definition) is 6. The minimum absolute atomic E-state index is 0.507. The molecule has 0 aliphatic heterocycles. The fourth-order valence-corrected chi connectivity index (χ4v) is 1.35. The van der Waals surface area contributed by atoms with Gasteiger partial charge in [-0.15, -0.1) is 0 Å². The van der Waals surface area contributed by atoms with Crippen LogP contribution in [0.4, 0.5) is 0 Å². The topological polar surface area (TPSA) is 120 Å². The summed E-state index contributed by atoms with van der Waals surface area (Å²) >= 11 is 0. The maximum atomic E-state index is 11.4. The van der Waals surface area contributed by atoms with Crippen LogP contribution in [-0.4, -0.2) is 21.4 Å². The monoisotopic (exact) mass is 226 g/mol. The molecule has 0 heterocycles. The summed E-state index contributed by atoms with van der Waals surface area (Å²) in [4.78, 5) is 41.9. The Morgan fingerprint density at radius 2 is 1.06 bits per heavy atom. The third-order valence-electron chi connectivity index (χ3n) is 2.19. The smallest absolute Gasteiger partial charge is 0.282 e. The minimum Gasteiger partial charge on any atom is -0.282 e. The van der Waals surface area contributed by atoms with Crippen LogP contribution in [0.25, 0.3) is 0 Å². The number of nitrogens with zero attached hydrogens (tertiary/aromatic N) is 2. The summed E-state index contributed by atoms with van der Waals surface area (Å²) < 4.78 is 0. The van der Waals surface area contributed by atoms with Gasteiger partial charge in [0.2, 0.25) is 0 Å². The molecule has 0 aromatic carbocycles. The maximum Gasteiger partial charge on any atom is 0.323 e. The third-order valence-corrected chi connectivity index (χ3v) is 2.19. The molecule has 0 atom stereocenters. The normalized spacial score (nSPS) is 16.9. The van der Waals surface area contributed by atoms with E-state index in [0.29, 0.717) is 0 Å². The van der Waals surface area contributed by atoms with Crippen molar-refractivity contribution >= 4 is 11.6 Å². The van der Waals surface area contributed by atoms with E-state index in [4.69, 9.17) is 0 Å². The predicted molar refractivity (Wildman–Crippen MR) is 49.4 cm³/mol. The molecule has 0 unspecified atom stereocenters. The van der Waals surface area contributed by atoms with Crippen molar-refractivity contribution < 1.29 is 19.4 Å². The predicted octanol–water partition coefficient (Wildman–Crippen LogP) is 0.240. The molecular weight excluding hydrogens is 220 g/mol. The minimum atomic E-state index is -1.09. The van der Waals surface area contributed by atoms with Crippen LogP contribution in [0.2, 0.25) is 0 Å². The zero-order chi connectivity index (χ0) is 12.6. The molecule has 0 bridgehead atoms. The summed E-state index contributed by atoms with van der Waals surface area (Å²) in [5.74, 6) is -2.18. The molecule has 0 radical (unpaired) electrons. The summed E-state index contributed by atoms with van der Waals surface area (Å²) in [6, 6.07) is 0. The number of ketones is 2. The van der Waals surface area contributed by atoms with Gasteiger partial charge in [-0.3, -0.25) is 29.8 Å². The first-order chi connectivity index (χ1) is 7.29. The zero-order valence-corrected chi connectivity index (χ0v) is 8.34. The highest BCUT2D eigenvalue weighted by Gasteiger charge is 2.43. The summed E-state index contributed by atoms with van der Waals surface area (Å²) in [5, 5.41) is 21.1. The molecule has 0 amide bonds. The molecule has 0 aromatic rings. The van der Waals surface area contributed by atoms with E-state index >= 15 is 0 Å². The fraction of sp³-hybridized carbons (Fsp3) is 0.250. The standard InChI is InChI=1S/C8H6N2O6/c1-3-5(9(13)14)8(12)4(2)6(7(3)11)10(15)16/h1-2H3. The Bertz CT molecular complexity index is 453. The van der Waals surface area contributed by atoms with Crippen LogP contribution in [0.3, 0.4) is 0 Å². The highest BCUT2D eigenvalue weighted by molar-refractivity contribution is 6.22. The Morgan fingerprint density at radius 1 is 0.812 bits per heavy atom. The summed E-state index contributed by atoms with van der Waals surface area (Å²) in [6.07, 6.45) is 0. The van der Waals surface area contributed by atoms with Crippen LogP contribution in [0.5, 0.6) is 0 Å². The van der Waals surface area contributed by atoms with Crippen molar-refractivity contribution in [2.24, 2.45) is 0 Å². The fourth-order valence-electron chi connectivity index (χ4n) is 1.35. The summed E-state index contributed by atoms with van der Waals surface area (Å²) in [6.45, 7) is 2.04. The van der Waals surface area contributed by atoms with Crippen molar-refractivity contribution in [3.63, 3.8) is 0 Å². The molecular formula is C8H6N2O6. The van der Waals surface area contributed by atoms with Crippen LogP contribution in [0.1, 0.15) is 13.8 Å². The lowest BCUT2D eigenvalue weighted by atomic mass is 9.93. The third kappa shape index (κ3) is 1.49. The average Bonchev–Trinajstić information content (AvgIpc) is 2.14. The van der Waals surface area contributed by atoms with E-state index in [0.717, 1.165) is 13.8 Å². The van der Waals surface area contributed by atoms with Gasteiger partial charge in [-0.05, 0) is 13.8 Å². The van der Waals surface area contributed by atoms with Crippen molar-refractivity contribution in [2.75, 3.05) is 0 Å². The van der Waals surface area contributed by atoms with E-state index in [1.165, 1.54) is 0 Å². The van der Waals surface area contributed by atoms with Gasteiger partial charge in [0.15, 0.2) is 0 Å². The van der Waals surface area contributed by atoms with Crippen molar-refractivity contribution in [1.82, 2.24) is 0 Å². The lowest BCUT2D eigenvalue weighted by molar-refractivity contribution is -0.425. The average molecular weight is 226 g/mol. The van der Waals surface area contributed by atoms with E-state index in [2.05, 4.69) is 0 Å². The van der Waals surface area contributed by atoms with Gasteiger partial charge in [-0.1, -0.05) is 0 Å². The number of Topliss-reactive ketones (excluding diaryl/α,β-unsaturated/α-hetero) is 2. The van der Waals surface area contributed by atoms with Gasteiger partial charge in [0, 0.05) is 0 Å². The summed E-state index contributed by atoms with van der Waals surface area (Å²) in [5.41, 5.74) is -2.80. The van der Waals surface area contributed by atoms with Crippen molar-refractivity contribution in [3.05, 3.63) is 42.8 Å². The second-order valence-corrected chi connectivity index (χ2v) is 3.12. The van der Waals surface area contributed by atoms with Crippen LogP contribution >= 0.6 is 0 Å². The van der Waals surface area contributed by atoms with Gasteiger partial charge in [-0.25, -0.2) is 0 Å². The molecule has 1 rings (SSSR count). The van der Waals surface area contributed by atoms with Gasteiger partial charge in [0.05, 0.1) is 21.0 Å². The highest BCUT2D eigenvalue weighted by atomic mass is 16.6. The van der Waals surface area contributed by atoms with Gasteiger partial charge in [0.25, 0.3) is 11.6 Å². The molecule has 16 heavy (non-hydrogen) atoms. The van der Waals surface area contributed by atoms with Gasteiger partial charge in [-0.2, -0.15) is 0 Å². The Labute approximate surface area is 88.5 Å². The van der Waals surface area contributed by atoms with Crippen molar-refractivity contribution in [1.29, 1.82) is 0 Å².